The molecule has 0 aliphatic heterocycles. The molecule has 0 spiro atoms. The molecule has 1 rings (SSSR count). The first-order chi connectivity index (χ1) is 8.76. The van der Waals surface area contributed by atoms with Gasteiger partial charge in [0.2, 0.25) is 0 Å². The SMILES string of the molecule is CCC(CC(F)(F)C(F)F)(C(=O)O)c1ccccc1. The van der Waals surface area contributed by atoms with Crippen molar-refractivity contribution < 1.29 is 27.5 Å². The molecule has 0 aliphatic rings. The van der Waals surface area contributed by atoms with Crippen molar-refractivity contribution in [3.05, 3.63) is 35.9 Å². The molecule has 0 bridgehead atoms. The summed E-state index contributed by atoms with van der Waals surface area (Å²) >= 11 is 0. The molecule has 2 nitrogen and oxygen atoms in total. The summed E-state index contributed by atoms with van der Waals surface area (Å²) in [5.41, 5.74) is -1.91. The summed E-state index contributed by atoms with van der Waals surface area (Å²) in [5.74, 6) is -5.87. The smallest absolute Gasteiger partial charge is 0.314 e. The molecule has 1 aromatic rings. The predicted molar refractivity (Wildman–Crippen MR) is 61.6 cm³/mol. The van der Waals surface area contributed by atoms with Crippen LogP contribution >= 0.6 is 0 Å². The summed E-state index contributed by atoms with van der Waals surface area (Å²) in [6.45, 7) is 1.39. The Morgan fingerprint density at radius 3 is 2.16 bits per heavy atom. The lowest BCUT2D eigenvalue weighted by Gasteiger charge is -2.32. The Hall–Kier alpha value is -1.59. The van der Waals surface area contributed by atoms with Gasteiger partial charge in [0.15, 0.2) is 0 Å². The summed E-state index contributed by atoms with van der Waals surface area (Å²) in [6, 6.07) is 7.29. The second kappa shape index (κ2) is 5.59. The number of carboxylic acid groups (broad SMARTS) is 1. The zero-order valence-corrected chi connectivity index (χ0v) is 10.2. The van der Waals surface area contributed by atoms with Gasteiger partial charge >= 0.3 is 18.3 Å². The third kappa shape index (κ3) is 3.05. The summed E-state index contributed by atoms with van der Waals surface area (Å²) < 4.78 is 51.2. The van der Waals surface area contributed by atoms with Gasteiger partial charge in [-0.3, -0.25) is 4.79 Å². The van der Waals surface area contributed by atoms with Crippen LogP contribution in [0.15, 0.2) is 30.3 Å². The van der Waals surface area contributed by atoms with Gasteiger partial charge in [0.25, 0.3) is 0 Å². The van der Waals surface area contributed by atoms with Crippen molar-refractivity contribution in [2.45, 2.75) is 37.5 Å². The van der Waals surface area contributed by atoms with Crippen LogP contribution in [-0.4, -0.2) is 23.4 Å². The lowest BCUT2D eigenvalue weighted by molar-refractivity contribution is -0.164. The number of benzene rings is 1. The van der Waals surface area contributed by atoms with Gasteiger partial charge in [-0.2, -0.15) is 0 Å². The minimum atomic E-state index is -4.34. The van der Waals surface area contributed by atoms with Crippen LogP contribution in [0.1, 0.15) is 25.3 Å². The fourth-order valence-electron chi connectivity index (χ4n) is 2.02. The summed E-state index contributed by atoms with van der Waals surface area (Å²) in [7, 11) is 0. The Morgan fingerprint density at radius 1 is 1.26 bits per heavy atom. The van der Waals surface area contributed by atoms with Crippen LogP contribution in [0, 0.1) is 0 Å². The van der Waals surface area contributed by atoms with Crippen molar-refractivity contribution >= 4 is 5.97 Å². The molecule has 0 radical (unpaired) electrons. The van der Waals surface area contributed by atoms with Gasteiger partial charge in [-0.15, -0.1) is 0 Å². The maximum atomic E-state index is 13.3. The Kier molecular flexibility index (Phi) is 4.55. The summed E-state index contributed by atoms with van der Waals surface area (Å²) in [4.78, 5) is 11.4. The molecule has 0 aromatic heterocycles. The zero-order chi connectivity index (χ0) is 14.7. The topological polar surface area (TPSA) is 37.3 Å². The normalized spacial score (nSPS) is 15.3. The Morgan fingerprint density at radius 2 is 1.79 bits per heavy atom. The van der Waals surface area contributed by atoms with E-state index < -0.39 is 30.2 Å². The van der Waals surface area contributed by atoms with Crippen LogP contribution in [0.4, 0.5) is 17.6 Å². The van der Waals surface area contributed by atoms with Crippen LogP contribution < -0.4 is 0 Å². The number of hydrogen-bond donors (Lipinski definition) is 1. The Labute approximate surface area is 108 Å². The van der Waals surface area contributed by atoms with E-state index in [2.05, 4.69) is 0 Å². The third-order valence-corrected chi connectivity index (χ3v) is 3.20. The highest BCUT2D eigenvalue weighted by atomic mass is 19.3. The standard InChI is InChI=1S/C13H14F4O2/c1-2-12(11(18)19,8-13(16,17)10(14)15)9-6-4-3-5-7-9/h3-7,10H,2,8H2,1H3,(H,18,19). The highest BCUT2D eigenvalue weighted by molar-refractivity contribution is 5.81. The van der Waals surface area contributed by atoms with Gasteiger partial charge < -0.3 is 5.11 Å². The fourth-order valence-corrected chi connectivity index (χ4v) is 2.02. The van der Waals surface area contributed by atoms with Gasteiger partial charge in [0, 0.05) is 6.42 Å². The van der Waals surface area contributed by atoms with E-state index in [4.69, 9.17) is 0 Å². The Bertz CT molecular complexity index is 434. The second-order valence-electron chi connectivity index (χ2n) is 4.35. The maximum Gasteiger partial charge on any atom is 0.314 e. The molecule has 1 unspecified atom stereocenters. The van der Waals surface area contributed by atoms with Crippen molar-refractivity contribution in [3.8, 4) is 0 Å². The summed E-state index contributed by atoms with van der Waals surface area (Å²) in [6.07, 6.45) is -5.51. The lowest BCUT2D eigenvalue weighted by atomic mass is 9.73. The van der Waals surface area contributed by atoms with Crippen molar-refractivity contribution in [1.82, 2.24) is 0 Å². The van der Waals surface area contributed by atoms with E-state index in [-0.39, 0.29) is 12.0 Å². The van der Waals surface area contributed by atoms with E-state index in [1.807, 2.05) is 0 Å². The predicted octanol–water partition coefficient (Wildman–Crippen LogP) is 3.71. The molecular formula is C13H14F4O2. The van der Waals surface area contributed by atoms with E-state index in [0.29, 0.717) is 0 Å². The van der Waals surface area contributed by atoms with Crippen molar-refractivity contribution in [1.29, 1.82) is 0 Å². The highest BCUT2D eigenvalue weighted by Gasteiger charge is 2.52. The molecule has 0 heterocycles. The van der Waals surface area contributed by atoms with E-state index in [9.17, 15) is 27.5 Å². The molecule has 19 heavy (non-hydrogen) atoms. The number of halogens is 4. The van der Waals surface area contributed by atoms with Crippen LogP contribution in [0.3, 0.4) is 0 Å². The monoisotopic (exact) mass is 278 g/mol. The molecule has 1 N–H and O–H groups in total. The second-order valence-corrected chi connectivity index (χ2v) is 4.35. The molecule has 0 saturated heterocycles. The highest BCUT2D eigenvalue weighted by Crippen LogP contribution is 2.41. The zero-order valence-electron chi connectivity index (χ0n) is 10.2. The van der Waals surface area contributed by atoms with Crippen molar-refractivity contribution in [3.63, 3.8) is 0 Å². The molecular weight excluding hydrogens is 264 g/mol. The number of hydrogen-bond acceptors (Lipinski definition) is 1. The number of aliphatic carboxylic acids is 1. The van der Waals surface area contributed by atoms with Gasteiger partial charge in [0.1, 0.15) is 0 Å². The first kappa shape index (κ1) is 15.5. The van der Waals surface area contributed by atoms with Crippen molar-refractivity contribution in [2.24, 2.45) is 0 Å². The van der Waals surface area contributed by atoms with E-state index in [1.165, 1.54) is 31.2 Å². The molecule has 0 amide bonds. The number of alkyl halides is 4. The number of carbonyl (C=O) groups is 1. The first-order valence-corrected chi connectivity index (χ1v) is 5.71. The minimum Gasteiger partial charge on any atom is -0.481 e. The fraction of sp³-hybridized carbons (Fsp3) is 0.462. The van der Waals surface area contributed by atoms with E-state index in [0.717, 1.165) is 0 Å². The van der Waals surface area contributed by atoms with Gasteiger partial charge in [-0.05, 0) is 12.0 Å². The Balaban J connectivity index is 3.26. The van der Waals surface area contributed by atoms with Gasteiger partial charge in [-0.1, -0.05) is 37.3 Å². The van der Waals surface area contributed by atoms with E-state index in [1.54, 1.807) is 6.07 Å². The van der Waals surface area contributed by atoms with Crippen LogP contribution in [0.2, 0.25) is 0 Å². The molecule has 0 aliphatic carbocycles. The molecule has 1 atom stereocenters. The largest absolute Gasteiger partial charge is 0.481 e. The molecule has 6 heteroatoms. The van der Waals surface area contributed by atoms with Crippen LogP contribution in [-0.2, 0) is 10.2 Å². The molecule has 106 valence electrons. The van der Waals surface area contributed by atoms with Crippen LogP contribution in [0.25, 0.3) is 0 Å². The molecule has 1 aromatic carbocycles. The minimum absolute atomic E-state index is 0.102. The lowest BCUT2D eigenvalue weighted by Crippen LogP contribution is -2.43. The average Bonchev–Trinajstić information content (AvgIpc) is 2.36. The maximum absolute atomic E-state index is 13.3. The molecule has 0 saturated carbocycles. The van der Waals surface area contributed by atoms with Crippen molar-refractivity contribution in [2.75, 3.05) is 0 Å². The molecule has 0 fully saturated rings. The number of carboxylic acids is 1. The van der Waals surface area contributed by atoms with Gasteiger partial charge in [-0.25, -0.2) is 17.6 Å². The van der Waals surface area contributed by atoms with Gasteiger partial charge in [0.05, 0.1) is 5.41 Å². The summed E-state index contributed by atoms with van der Waals surface area (Å²) in [5, 5.41) is 9.24. The average molecular weight is 278 g/mol. The number of rotatable bonds is 6. The third-order valence-electron chi connectivity index (χ3n) is 3.20. The van der Waals surface area contributed by atoms with E-state index >= 15 is 0 Å². The quantitative estimate of drug-likeness (QED) is 0.805. The van der Waals surface area contributed by atoms with Crippen LogP contribution in [0.5, 0.6) is 0 Å². The first-order valence-electron chi connectivity index (χ1n) is 5.71.